The predicted octanol–water partition coefficient (Wildman–Crippen LogP) is 2.86. The first kappa shape index (κ1) is 14.8. The second-order valence-electron chi connectivity index (χ2n) is 5.32. The molecule has 2 N–H and O–H groups in total. The van der Waals surface area contributed by atoms with E-state index in [2.05, 4.69) is 5.32 Å². The highest BCUT2D eigenvalue weighted by Gasteiger charge is 2.34. The van der Waals surface area contributed by atoms with Gasteiger partial charge in [0, 0.05) is 24.6 Å². The van der Waals surface area contributed by atoms with Crippen LogP contribution in [-0.2, 0) is 0 Å². The van der Waals surface area contributed by atoms with Crippen molar-refractivity contribution < 1.29 is 18.3 Å². The molecule has 0 aromatic carbocycles. The van der Waals surface area contributed by atoms with E-state index >= 15 is 0 Å². The fraction of sp³-hybridized carbons (Fsp3) is 1.00. The number of rotatable bonds is 5. The summed E-state index contributed by atoms with van der Waals surface area (Å²) < 4.78 is 36.5. The third-order valence-corrected chi connectivity index (χ3v) is 3.61. The molecule has 0 spiro atoms. The van der Waals surface area contributed by atoms with Gasteiger partial charge in [-0.15, -0.1) is 0 Å². The van der Waals surface area contributed by atoms with Crippen molar-refractivity contribution in [2.75, 3.05) is 13.2 Å². The first-order valence-electron chi connectivity index (χ1n) is 6.28. The molecule has 0 aliphatic heterocycles. The van der Waals surface area contributed by atoms with E-state index in [1.54, 1.807) is 6.92 Å². The number of halogens is 3. The Hall–Kier alpha value is -0.290. The van der Waals surface area contributed by atoms with Crippen LogP contribution in [0.15, 0.2) is 0 Å². The largest absolute Gasteiger partial charge is 0.396 e. The fourth-order valence-electron chi connectivity index (χ4n) is 2.50. The molecule has 1 aliphatic rings. The molecule has 0 aromatic rings. The number of hydrogen-bond acceptors (Lipinski definition) is 2. The molecule has 0 saturated heterocycles. The van der Waals surface area contributed by atoms with Gasteiger partial charge >= 0.3 is 6.18 Å². The molecule has 1 fully saturated rings. The molecule has 1 rings (SSSR count). The van der Waals surface area contributed by atoms with E-state index < -0.39 is 18.6 Å². The van der Waals surface area contributed by atoms with Crippen molar-refractivity contribution in [3.63, 3.8) is 0 Å². The zero-order valence-corrected chi connectivity index (χ0v) is 10.3. The van der Waals surface area contributed by atoms with Crippen molar-refractivity contribution in [1.29, 1.82) is 0 Å². The van der Waals surface area contributed by atoms with E-state index in [0.717, 1.165) is 25.7 Å². The van der Waals surface area contributed by atoms with Crippen LogP contribution in [0.3, 0.4) is 0 Å². The molecule has 5 heteroatoms. The Morgan fingerprint density at radius 2 is 1.82 bits per heavy atom. The van der Waals surface area contributed by atoms with Gasteiger partial charge in [-0.05, 0) is 19.8 Å². The number of hydrogen-bond donors (Lipinski definition) is 2. The monoisotopic (exact) mass is 253 g/mol. The van der Waals surface area contributed by atoms with Crippen molar-refractivity contribution in [2.24, 2.45) is 5.41 Å². The summed E-state index contributed by atoms with van der Waals surface area (Å²) >= 11 is 0. The number of aliphatic hydroxyl groups excluding tert-OH is 1. The summed E-state index contributed by atoms with van der Waals surface area (Å²) in [5.41, 5.74) is -0.196. The van der Waals surface area contributed by atoms with Gasteiger partial charge in [0.25, 0.3) is 0 Å². The van der Waals surface area contributed by atoms with Crippen molar-refractivity contribution in [3.05, 3.63) is 0 Å². The van der Waals surface area contributed by atoms with Crippen molar-refractivity contribution in [3.8, 4) is 0 Å². The van der Waals surface area contributed by atoms with Gasteiger partial charge in [0.2, 0.25) is 0 Å². The molecule has 0 radical (unpaired) electrons. The minimum atomic E-state index is -4.12. The van der Waals surface area contributed by atoms with Crippen LogP contribution in [0, 0.1) is 5.41 Å². The summed E-state index contributed by atoms with van der Waals surface area (Å²) in [5.74, 6) is 0. The molecular weight excluding hydrogens is 231 g/mol. The predicted molar refractivity (Wildman–Crippen MR) is 60.7 cm³/mol. The maximum Gasteiger partial charge on any atom is 0.390 e. The Morgan fingerprint density at radius 1 is 1.24 bits per heavy atom. The van der Waals surface area contributed by atoms with Crippen LogP contribution < -0.4 is 5.32 Å². The van der Waals surface area contributed by atoms with Gasteiger partial charge in [-0.1, -0.05) is 19.3 Å². The molecule has 17 heavy (non-hydrogen) atoms. The van der Waals surface area contributed by atoms with Gasteiger partial charge in [0.1, 0.15) is 0 Å². The van der Waals surface area contributed by atoms with Crippen LogP contribution in [0.25, 0.3) is 0 Å². The standard InChI is InChI=1S/C12H22F3NO/c1-10(7-12(13,14)15)16-8-11(9-17)5-3-2-4-6-11/h10,16-17H,2-9H2,1H3. The summed E-state index contributed by atoms with van der Waals surface area (Å²) in [4.78, 5) is 0. The van der Waals surface area contributed by atoms with Crippen LogP contribution in [0.2, 0.25) is 0 Å². The van der Waals surface area contributed by atoms with Crippen molar-refractivity contribution in [2.45, 2.75) is 57.7 Å². The molecule has 1 atom stereocenters. The van der Waals surface area contributed by atoms with Gasteiger partial charge in [-0.2, -0.15) is 13.2 Å². The van der Waals surface area contributed by atoms with Crippen LogP contribution in [-0.4, -0.2) is 30.5 Å². The normalized spacial score (nSPS) is 22.4. The van der Waals surface area contributed by atoms with Gasteiger partial charge in [0.15, 0.2) is 0 Å². The van der Waals surface area contributed by atoms with E-state index in [1.165, 1.54) is 6.42 Å². The maximum absolute atomic E-state index is 12.2. The highest BCUT2D eigenvalue weighted by atomic mass is 19.4. The molecular formula is C12H22F3NO. The first-order chi connectivity index (χ1) is 7.87. The molecule has 0 bridgehead atoms. The van der Waals surface area contributed by atoms with Gasteiger partial charge < -0.3 is 10.4 Å². The summed E-state index contributed by atoms with van der Waals surface area (Å²) in [5, 5.41) is 12.3. The zero-order chi connectivity index (χ0) is 12.9. The third kappa shape index (κ3) is 5.25. The quantitative estimate of drug-likeness (QED) is 0.789. The molecule has 0 aromatic heterocycles. The number of aliphatic hydroxyl groups is 1. The summed E-state index contributed by atoms with van der Waals surface area (Å²) in [6.45, 7) is 2.10. The van der Waals surface area contributed by atoms with E-state index in [-0.39, 0.29) is 12.0 Å². The molecule has 0 heterocycles. The van der Waals surface area contributed by atoms with Crippen LogP contribution in [0.1, 0.15) is 45.4 Å². The van der Waals surface area contributed by atoms with Gasteiger partial charge in [-0.3, -0.25) is 0 Å². The Kier molecular flexibility index (Phi) is 5.25. The lowest BCUT2D eigenvalue weighted by Crippen LogP contribution is -2.43. The smallest absolute Gasteiger partial charge is 0.390 e. The van der Waals surface area contributed by atoms with Crippen LogP contribution in [0.4, 0.5) is 13.2 Å². The zero-order valence-electron chi connectivity index (χ0n) is 10.3. The SMILES string of the molecule is CC(CC(F)(F)F)NCC1(CO)CCCCC1. The topological polar surface area (TPSA) is 32.3 Å². The lowest BCUT2D eigenvalue weighted by Gasteiger charge is -2.36. The minimum Gasteiger partial charge on any atom is -0.396 e. The Bertz CT molecular complexity index is 224. The summed E-state index contributed by atoms with van der Waals surface area (Å²) in [7, 11) is 0. The van der Waals surface area contributed by atoms with Crippen LogP contribution in [0.5, 0.6) is 0 Å². The Balaban J connectivity index is 2.36. The molecule has 2 nitrogen and oxygen atoms in total. The highest BCUT2D eigenvalue weighted by molar-refractivity contribution is 4.85. The van der Waals surface area contributed by atoms with Crippen LogP contribution >= 0.6 is 0 Å². The summed E-state index contributed by atoms with van der Waals surface area (Å²) in [6.07, 6.45) is 0.190. The van der Waals surface area contributed by atoms with Crippen molar-refractivity contribution in [1.82, 2.24) is 5.32 Å². The number of nitrogens with one attached hydrogen (secondary N) is 1. The molecule has 0 amide bonds. The van der Waals surface area contributed by atoms with E-state index in [9.17, 15) is 18.3 Å². The minimum absolute atomic E-state index is 0.0682. The summed E-state index contributed by atoms with van der Waals surface area (Å²) in [6, 6.07) is -0.583. The Labute approximate surface area is 101 Å². The second kappa shape index (κ2) is 6.05. The third-order valence-electron chi connectivity index (χ3n) is 3.61. The van der Waals surface area contributed by atoms with E-state index in [1.807, 2.05) is 0 Å². The molecule has 1 saturated carbocycles. The molecule has 1 aliphatic carbocycles. The fourth-order valence-corrected chi connectivity index (χ4v) is 2.50. The molecule has 102 valence electrons. The average molecular weight is 253 g/mol. The molecule has 1 unspecified atom stereocenters. The van der Waals surface area contributed by atoms with Crippen molar-refractivity contribution >= 4 is 0 Å². The maximum atomic E-state index is 12.2. The second-order valence-corrected chi connectivity index (χ2v) is 5.32. The highest BCUT2D eigenvalue weighted by Crippen LogP contribution is 2.35. The van der Waals surface area contributed by atoms with E-state index in [4.69, 9.17) is 0 Å². The average Bonchev–Trinajstić information content (AvgIpc) is 2.25. The first-order valence-corrected chi connectivity index (χ1v) is 6.28. The van der Waals surface area contributed by atoms with E-state index in [0.29, 0.717) is 6.54 Å². The Morgan fingerprint density at radius 3 is 2.29 bits per heavy atom. The lowest BCUT2D eigenvalue weighted by atomic mass is 9.74. The number of alkyl halides is 3. The van der Waals surface area contributed by atoms with Gasteiger partial charge in [0.05, 0.1) is 6.42 Å². The lowest BCUT2D eigenvalue weighted by molar-refractivity contribution is -0.139. The van der Waals surface area contributed by atoms with Gasteiger partial charge in [-0.25, -0.2) is 0 Å².